The Morgan fingerprint density at radius 3 is 2.93 bits per heavy atom. The lowest BCUT2D eigenvalue weighted by atomic mass is 9.94. The van der Waals surface area contributed by atoms with Crippen molar-refractivity contribution in [3.05, 3.63) is 0 Å². The second-order valence-corrected chi connectivity index (χ2v) is 5.43. The summed E-state index contributed by atoms with van der Waals surface area (Å²) in [4.78, 5) is 2.77. The van der Waals surface area contributed by atoms with Gasteiger partial charge in [-0.3, -0.25) is 4.90 Å². The summed E-state index contributed by atoms with van der Waals surface area (Å²) in [7, 11) is 2.11. The molecule has 3 rings (SSSR count). The maximum atomic E-state index is 3.42. The van der Waals surface area contributed by atoms with Crippen molar-refractivity contribution in [2.45, 2.75) is 44.2 Å². The first-order chi connectivity index (χ1) is 6.88. The van der Waals surface area contributed by atoms with Gasteiger partial charge in [0.1, 0.15) is 0 Å². The average molecular weight is 194 g/mol. The van der Waals surface area contributed by atoms with E-state index < -0.39 is 0 Å². The predicted octanol–water partition coefficient (Wildman–Crippen LogP) is 1.47. The minimum absolute atomic E-state index is 0.772. The van der Waals surface area contributed by atoms with Crippen LogP contribution in [0, 0.1) is 11.8 Å². The zero-order chi connectivity index (χ0) is 9.54. The number of nitrogens with zero attached hydrogens (tertiary/aromatic N) is 1. The SMILES string of the molecule is CNC1CCN(C2CCCC3CC32)C1. The van der Waals surface area contributed by atoms with Crippen molar-refractivity contribution >= 4 is 0 Å². The Hall–Kier alpha value is -0.0800. The number of likely N-dealkylation sites (tertiary alicyclic amines) is 1. The van der Waals surface area contributed by atoms with Crippen LogP contribution in [0.25, 0.3) is 0 Å². The summed E-state index contributed by atoms with van der Waals surface area (Å²) in [5.41, 5.74) is 0. The molecule has 4 unspecified atom stereocenters. The molecule has 0 aromatic rings. The van der Waals surface area contributed by atoms with Gasteiger partial charge in [-0.2, -0.15) is 0 Å². The molecule has 14 heavy (non-hydrogen) atoms. The van der Waals surface area contributed by atoms with E-state index in [0.29, 0.717) is 0 Å². The van der Waals surface area contributed by atoms with E-state index in [0.717, 1.165) is 23.9 Å². The average Bonchev–Trinajstić information content (AvgIpc) is 2.86. The standard InChI is InChI=1S/C12H22N2/c1-13-10-5-6-14(8-10)12-4-2-3-9-7-11(9)12/h9-13H,2-8H2,1H3. The number of hydrogen-bond acceptors (Lipinski definition) is 2. The predicted molar refractivity (Wildman–Crippen MR) is 58.3 cm³/mol. The molecular formula is C12H22N2. The number of rotatable bonds is 2. The Bertz CT molecular complexity index is 216. The smallest absolute Gasteiger partial charge is 0.0204 e. The number of hydrogen-bond donors (Lipinski definition) is 1. The molecular weight excluding hydrogens is 172 g/mol. The fourth-order valence-corrected chi connectivity index (χ4v) is 3.65. The van der Waals surface area contributed by atoms with Crippen molar-refractivity contribution in [1.29, 1.82) is 0 Å². The maximum absolute atomic E-state index is 3.42. The number of likely N-dealkylation sites (N-methyl/N-ethyl adjacent to an activating group) is 1. The van der Waals surface area contributed by atoms with Crippen molar-refractivity contribution in [3.8, 4) is 0 Å². The topological polar surface area (TPSA) is 15.3 Å². The van der Waals surface area contributed by atoms with Gasteiger partial charge in [-0.25, -0.2) is 0 Å². The van der Waals surface area contributed by atoms with Gasteiger partial charge in [0.2, 0.25) is 0 Å². The van der Waals surface area contributed by atoms with Gasteiger partial charge < -0.3 is 5.32 Å². The van der Waals surface area contributed by atoms with E-state index in [-0.39, 0.29) is 0 Å². The summed E-state index contributed by atoms with van der Waals surface area (Å²) in [6.45, 7) is 2.66. The Kier molecular flexibility index (Phi) is 2.29. The maximum Gasteiger partial charge on any atom is 0.0204 e. The van der Waals surface area contributed by atoms with Crippen LogP contribution in [-0.2, 0) is 0 Å². The molecule has 1 heterocycles. The Morgan fingerprint density at radius 2 is 2.14 bits per heavy atom. The molecule has 0 spiro atoms. The highest BCUT2D eigenvalue weighted by Crippen LogP contribution is 2.51. The van der Waals surface area contributed by atoms with Crippen molar-refractivity contribution < 1.29 is 0 Å². The Morgan fingerprint density at radius 1 is 1.21 bits per heavy atom. The molecule has 4 atom stereocenters. The van der Waals surface area contributed by atoms with Crippen molar-refractivity contribution in [3.63, 3.8) is 0 Å². The normalized spacial score (nSPS) is 47.8. The van der Waals surface area contributed by atoms with E-state index in [1.807, 2.05) is 0 Å². The number of fused-ring (bicyclic) bond motifs is 1. The van der Waals surface area contributed by atoms with E-state index in [1.54, 1.807) is 6.42 Å². The molecule has 3 fully saturated rings. The first-order valence-corrected chi connectivity index (χ1v) is 6.30. The third-order valence-electron chi connectivity index (χ3n) is 4.64. The third kappa shape index (κ3) is 1.49. The molecule has 1 saturated heterocycles. The van der Waals surface area contributed by atoms with Crippen molar-refractivity contribution in [2.75, 3.05) is 20.1 Å². The van der Waals surface area contributed by atoms with Crippen LogP contribution in [0.1, 0.15) is 32.1 Å². The summed E-state index contributed by atoms with van der Waals surface area (Å²) in [5, 5.41) is 3.42. The van der Waals surface area contributed by atoms with E-state index in [9.17, 15) is 0 Å². The minimum Gasteiger partial charge on any atom is -0.316 e. The van der Waals surface area contributed by atoms with Gasteiger partial charge in [0.25, 0.3) is 0 Å². The van der Waals surface area contributed by atoms with Gasteiger partial charge in [0.05, 0.1) is 0 Å². The summed E-state index contributed by atoms with van der Waals surface area (Å²) >= 11 is 0. The van der Waals surface area contributed by atoms with E-state index in [4.69, 9.17) is 0 Å². The summed E-state index contributed by atoms with van der Waals surface area (Å²) in [6, 6.07) is 1.74. The Balaban J connectivity index is 1.60. The molecule has 3 aliphatic rings. The number of nitrogens with one attached hydrogen (secondary N) is 1. The van der Waals surface area contributed by atoms with Crippen LogP contribution in [0.2, 0.25) is 0 Å². The van der Waals surface area contributed by atoms with Gasteiger partial charge in [0, 0.05) is 25.2 Å². The van der Waals surface area contributed by atoms with Gasteiger partial charge in [-0.1, -0.05) is 12.8 Å². The second kappa shape index (κ2) is 3.49. The quantitative estimate of drug-likeness (QED) is 0.716. The van der Waals surface area contributed by atoms with Crippen molar-refractivity contribution in [2.24, 2.45) is 11.8 Å². The molecule has 80 valence electrons. The lowest BCUT2D eigenvalue weighted by Gasteiger charge is -2.31. The zero-order valence-electron chi connectivity index (χ0n) is 9.21. The largest absolute Gasteiger partial charge is 0.316 e. The molecule has 1 aliphatic heterocycles. The molecule has 0 amide bonds. The van der Waals surface area contributed by atoms with E-state index >= 15 is 0 Å². The molecule has 2 saturated carbocycles. The van der Waals surface area contributed by atoms with Crippen LogP contribution < -0.4 is 5.32 Å². The molecule has 0 aromatic carbocycles. The molecule has 1 N–H and O–H groups in total. The zero-order valence-corrected chi connectivity index (χ0v) is 9.21. The monoisotopic (exact) mass is 194 g/mol. The van der Waals surface area contributed by atoms with Gasteiger partial charge in [-0.15, -0.1) is 0 Å². The summed E-state index contributed by atoms with van der Waals surface area (Å²) in [5.74, 6) is 2.22. The highest BCUT2D eigenvalue weighted by atomic mass is 15.2. The molecule has 0 radical (unpaired) electrons. The van der Waals surface area contributed by atoms with Crippen LogP contribution in [0.5, 0.6) is 0 Å². The van der Waals surface area contributed by atoms with E-state index in [1.165, 1.54) is 38.8 Å². The third-order valence-corrected chi connectivity index (χ3v) is 4.64. The summed E-state index contributed by atoms with van der Waals surface area (Å²) < 4.78 is 0. The van der Waals surface area contributed by atoms with Gasteiger partial charge in [0.15, 0.2) is 0 Å². The minimum atomic E-state index is 0.772. The molecule has 2 heteroatoms. The van der Waals surface area contributed by atoms with Gasteiger partial charge >= 0.3 is 0 Å². The first kappa shape index (κ1) is 9.17. The van der Waals surface area contributed by atoms with Crippen LogP contribution in [-0.4, -0.2) is 37.1 Å². The van der Waals surface area contributed by atoms with E-state index in [2.05, 4.69) is 17.3 Å². The van der Waals surface area contributed by atoms with Crippen LogP contribution >= 0.6 is 0 Å². The van der Waals surface area contributed by atoms with Crippen molar-refractivity contribution in [1.82, 2.24) is 10.2 Å². The fraction of sp³-hybridized carbons (Fsp3) is 1.00. The lowest BCUT2D eigenvalue weighted by Crippen LogP contribution is -2.39. The fourth-order valence-electron chi connectivity index (χ4n) is 3.65. The van der Waals surface area contributed by atoms with Crippen LogP contribution in [0.4, 0.5) is 0 Å². The van der Waals surface area contributed by atoms with Gasteiger partial charge in [-0.05, 0) is 38.1 Å². The second-order valence-electron chi connectivity index (χ2n) is 5.43. The van der Waals surface area contributed by atoms with Crippen LogP contribution in [0.3, 0.4) is 0 Å². The lowest BCUT2D eigenvalue weighted by molar-refractivity contribution is 0.174. The highest BCUT2D eigenvalue weighted by molar-refractivity contribution is 5.01. The molecule has 2 nitrogen and oxygen atoms in total. The Labute approximate surface area is 87.0 Å². The molecule has 2 aliphatic carbocycles. The first-order valence-electron chi connectivity index (χ1n) is 6.30. The molecule has 0 bridgehead atoms. The summed E-state index contributed by atoms with van der Waals surface area (Å²) in [6.07, 6.45) is 7.42. The highest BCUT2D eigenvalue weighted by Gasteiger charge is 2.47. The molecule has 0 aromatic heterocycles. The van der Waals surface area contributed by atoms with Crippen LogP contribution in [0.15, 0.2) is 0 Å².